The van der Waals surface area contributed by atoms with E-state index in [1.165, 1.54) is 6.42 Å². The van der Waals surface area contributed by atoms with Gasteiger partial charge in [0.25, 0.3) is 0 Å². The van der Waals surface area contributed by atoms with Crippen molar-refractivity contribution in [2.75, 3.05) is 20.3 Å². The molecule has 1 N–H and O–H groups in total. The fourth-order valence-electron chi connectivity index (χ4n) is 2.65. The second-order valence-electron chi connectivity index (χ2n) is 5.26. The molecule has 0 radical (unpaired) electrons. The van der Waals surface area contributed by atoms with Crippen molar-refractivity contribution in [1.29, 1.82) is 0 Å². The van der Waals surface area contributed by atoms with E-state index >= 15 is 0 Å². The van der Waals surface area contributed by atoms with Gasteiger partial charge in [0.05, 0.1) is 13.2 Å². The summed E-state index contributed by atoms with van der Waals surface area (Å²) in [6.45, 7) is 4.05. The Morgan fingerprint density at radius 1 is 1.50 bits per heavy atom. The molecule has 0 aliphatic carbocycles. The highest BCUT2D eigenvalue weighted by Crippen LogP contribution is 2.32. The zero-order valence-electron chi connectivity index (χ0n) is 12.3. The van der Waals surface area contributed by atoms with E-state index in [4.69, 9.17) is 21.1 Å². The smallest absolute Gasteiger partial charge is 0.120 e. The standard InChI is InChI=1S/C16H24ClNO2/c1-3-8-18-16(11-13-5-4-9-20-13)14-7-6-12(19-2)10-15(14)17/h6-7,10,13,16,18H,3-5,8-9,11H2,1-2H3. The molecule has 1 aromatic rings. The van der Waals surface area contributed by atoms with Crippen LogP contribution in [0.4, 0.5) is 0 Å². The Balaban J connectivity index is 2.11. The van der Waals surface area contributed by atoms with Gasteiger partial charge in [-0.3, -0.25) is 0 Å². The molecule has 1 aromatic carbocycles. The molecule has 0 saturated carbocycles. The molecule has 20 heavy (non-hydrogen) atoms. The van der Waals surface area contributed by atoms with Crippen molar-refractivity contribution >= 4 is 11.6 Å². The van der Waals surface area contributed by atoms with E-state index in [-0.39, 0.29) is 6.04 Å². The first-order chi connectivity index (χ1) is 9.74. The zero-order valence-corrected chi connectivity index (χ0v) is 13.1. The first-order valence-electron chi connectivity index (χ1n) is 7.43. The van der Waals surface area contributed by atoms with E-state index in [1.807, 2.05) is 12.1 Å². The molecule has 2 rings (SSSR count). The predicted molar refractivity (Wildman–Crippen MR) is 82.6 cm³/mol. The molecule has 0 amide bonds. The Morgan fingerprint density at radius 2 is 2.35 bits per heavy atom. The number of benzene rings is 1. The van der Waals surface area contributed by atoms with Crippen LogP contribution in [0.1, 0.15) is 44.2 Å². The number of hydrogen-bond acceptors (Lipinski definition) is 3. The maximum absolute atomic E-state index is 6.41. The molecule has 0 bridgehead atoms. The second-order valence-corrected chi connectivity index (χ2v) is 5.67. The average Bonchev–Trinajstić information content (AvgIpc) is 2.96. The van der Waals surface area contributed by atoms with Gasteiger partial charge in [0.2, 0.25) is 0 Å². The summed E-state index contributed by atoms with van der Waals surface area (Å²) in [4.78, 5) is 0. The van der Waals surface area contributed by atoms with E-state index in [2.05, 4.69) is 18.3 Å². The highest BCUT2D eigenvalue weighted by Gasteiger charge is 2.23. The lowest BCUT2D eigenvalue weighted by Crippen LogP contribution is -2.26. The molecule has 1 fully saturated rings. The van der Waals surface area contributed by atoms with Crippen LogP contribution in [0.3, 0.4) is 0 Å². The maximum Gasteiger partial charge on any atom is 0.120 e. The molecule has 0 spiro atoms. The lowest BCUT2D eigenvalue weighted by Gasteiger charge is -2.23. The largest absolute Gasteiger partial charge is 0.497 e. The van der Waals surface area contributed by atoms with E-state index in [0.717, 1.165) is 48.7 Å². The van der Waals surface area contributed by atoms with Gasteiger partial charge < -0.3 is 14.8 Å². The van der Waals surface area contributed by atoms with Gasteiger partial charge in [-0.1, -0.05) is 24.6 Å². The minimum absolute atomic E-state index is 0.247. The zero-order chi connectivity index (χ0) is 14.4. The molecule has 4 heteroatoms. The Bertz CT molecular complexity index is 419. The molecule has 2 atom stereocenters. The minimum atomic E-state index is 0.247. The Morgan fingerprint density at radius 3 is 2.95 bits per heavy atom. The van der Waals surface area contributed by atoms with Gasteiger partial charge in [0.1, 0.15) is 5.75 Å². The van der Waals surface area contributed by atoms with Crippen LogP contribution in [0, 0.1) is 0 Å². The molecule has 112 valence electrons. The van der Waals surface area contributed by atoms with Gasteiger partial charge in [-0.2, -0.15) is 0 Å². The van der Waals surface area contributed by atoms with E-state index in [1.54, 1.807) is 7.11 Å². The quantitative estimate of drug-likeness (QED) is 0.826. The number of halogens is 1. The van der Waals surface area contributed by atoms with Crippen molar-refractivity contribution in [1.82, 2.24) is 5.32 Å². The van der Waals surface area contributed by atoms with Gasteiger partial charge in [-0.15, -0.1) is 0 Å². The van der Waals surface area contributed by atoms with Crippen LogP contribution in [0.5, 0.6) is 5.75 Å². The summed E-state index contributed by atoms with van der Waals surface area (Å²) >= 11 is 6.41. The summed E-state index contributed by atoms with van der Waals surface area (Å²) < 4.78 is 11.0. The Kier molecular flexibility index (Phi) is 6.14. The number of nitrogens with one attached hydrogen (secondary N) is 1. The van der Waals surface area contributed by atoms with Crippen LogP contribution in [-0.4, -0.2) is 26.4 Å². The average molecular weight is 298 g/mol. The third-order valence-corrected chi connectivity index (χ3v) is 4.07. The molecule has 0 aromatic heterocycles. The lowest BCUT2D eigenvalue weighted by molar-refractivity contribution is 0.0946. The molecule has 2 unspecified atom stereocenters. The van der Waals surface area contributed by atoms with Crippen molar-refractivity contribution in [3.05, 3.63) is 28.8 Å². The number of ether oxygens (including phenoxy) is 2. The second kappa shape index (κ2) is 7.87. The third-order valence-electron chi connectivity index (χ3n) is 3.75. The van der Waals surface area contributed by atoms with E-state index < -0.39 is 0 Å². The molecule has 1 saturated heterocycles. The van der Waals surface area contributed by atoms with Gasteiger partial charge in [-0.25, -0.2) is 0 Å². The normalized spacial score (nSPS) is 20.1. The predicted octanol–water partition coefficient (Wildman–Crippen LogP) is 3.96. The van der Waals surface area contributed by atoms with Crippen LogP contribution in [0.25, 0.3) is 0 Å². The molecule has 1 heterocycles. The first-order valence-corrected chi connectivity index (χ1v) is 7.80. The van der Waals surface area contributed by atoms with Crippen molar-refractivity contribution in [3.8, 4) is 5.75 Å². The molecular formula is C16H24ClNO2. The van der Waals surface area contributed by atoms with Crippen LogP contribution in [0.15, 0.2) is 18.2 Å². The first kappa shape index (κ1) is 15.6. The summed E-state index contributed by atoms with van der Waals surface area (Å²) in [5.41, 5.74) is 1.14. The monoisotopic (exact) mass is 297 g/mol. The van der Waals surface area contributed by atoms with Crippen molar-refractivity contribution in [2.45, 2.75) is 44.8 Å². The number of rotatable bonds is 7. The van der Waals surface area contributed by atoms with E-state index in [0.29, 0.717) is 6.10 Å². The van der Waals surface area contributed by atoms with Crippen LogP contribution < -0.4 is 10.1 Å². The van der Waals surface area contributed by atoms with Crippen molar-refractivity contribution in [2.24, 2.45) is 0 Å². The molecular weight excluding hydrogens is 274 g/mol. The molecule has 1 aliphatic rings. The maximum atomic E-state index is 6.41. The third kappa shape index (κ3) is 4.11. The number of hydrogen-bond donors (Lipinski definition) is 1. The SMILES string of the molecule is CCCNC(CC1CCCO1)c1ccc(OC)cc1Cl. The van der Waals surface area contributed by atoms with Crippen LogP contribution in [0.2, 0.25) is 5.02 Å². The summed E-state index contributed by atoms with van der Waals surface area (Å²) in [5.74, 6) is 0.796. The van der Waals surface area contributed by atoms with Gasteiger partial charge in [-0.05, 0) is 49.9 Å². The summed E-state index contributed by atoms with van der Waals surface area (Å²) in [5, 5.41) is 4.35. The van der Waals surface area contributed by atoms with Crippen LogP contribution in [-0.2, 0) is 4.74 Å². The fraction of sp³-hybridized carbons (Fsp3) is 0.625. The summed E-state index contributed by atoms with van der Waals surface area (Å²) in [6.07, 6.45) is 4.75. The fourth-order valence-corrected chi connectivity index (χ4v) is 2.95. The van der Waals surface area contributed by atoms with Gasteiger partial charge >= 0.3 is 0 Å². The highest BCUT2D eigenvalue weighted by molar-refractivity contribution is 6.31. The van der Waals surface area contributed by atoms with E-state index in [9.17, 15) is 0 Å². The minimum Gasteiger partial charge on any atom is -0.497 e. The lowest BCUT2D eigenvalue weighted by atomic mass is 9.99. The molecule has 3 nitrogen and oxygen atoms in total. The topological polar surface area (TPSA) is 30.5 Å². The van der Waals surface area contributed by atoms with Gasteiger partial charge in [0, 0.05) is 17.7 Å². The highest BCUT2D eigenvalue weighted by atomic mass is 35.5. The Hall–Kier alpha value is -0.770. The Labute approximate surface area is 126 Å². The van der Waals surface area contributed by atoms with Crippen molar-refractivity contribution < 1.29 is 9.47 Å². The summed E-state index contributed by atoms with van der Waals surface area (Å²) in [7, 11) is 1.66. The van der Waals surface area contributed by atoms with Crippen molar-refractivity contribution in [3.63, 3.8) is 0 Å². The molecule has 1 aliphatic heterocycles. The summed E-state index contributed by atoms with van der Waals surface area (Å²) in [6, 6.07) is 6.16. The number of methoxy groups -OCH3 is 1. The van der Waals surface area contributed by atoms with Crippen LogP contribution >= 0.6 is 11.6 Å². The van der Waals surface area contributed by atoms with Gasteiger partial charge in [0.15, 0.2) is 0 Å².